The number of nitrogens with two attached hydrogens (primary N) is 1. The zero-order chi connectivity index (χ0) is 23.5. The second-order valence-electron chi connectivity index (χ2n) is 7.64. The number of aryl methyl sites for hydroxylation is 1. The van der Waals surface area contributed by atoms with E-state index < -0.39 is 5.82 Å². The summed E-state index contributed by atoms with van der Waals surface area (Å²) in [6.07, 6.45) is 12.8. The number of phenols is 1. The SMILES string of the molecule is COC1CCCCC1.CSC.Cc1cc(N)cc2ncnc(Nc3ccc(F)cc3O)c12. The molecule has 0 aliphatic heterocycles. The fourth-order valence-electron chi connectivity index (χ4n) is 3.55. The van der Waals surface area contributed by atoms with Gasteiger partial charge in [-0.2, -0.15) is 11.8 Å². The van der Waals surface area contributed by atoms with E-state index in [0.717, 1.165) is 17.0 Å². The number of thioether (sulfide) groups is 1. The predicted molar refractivity (Wildman–Crippen MR) is 133 cm³/mol. The monoisotopic (exact) mass is 460 g/mol. The normalized spacial score (nSPS) is 13.5. The van der Waals surface area contributed by atoms with Gasteiger partial charge in [0.2, 0.25) is 0 Å². The molecule has 8 heteroatoms. The summed E-state index contributed by atoms with van der Waals surface area (Å²) >= 11 is 1.75. The highest BCUT2D eigenvalue weighted by Gasteiger charge is 2.11. The van der Waals surface area contributed by atoms with Crippen LogP contribution in [0.5, 0.6) is 5.75 Å². The van der Waals surface area contributed by atoms with E-state index >= 15 is 0 Å². The summed E-state index contributed by atoms with van der Waals surface area (Å²) in [4.78, 5) is 8.38. The summed E-state index contributed by atoms with van der Waals surface area (Å²) < 4.78 is 18.2. The molecule has 1 aliphatic rings. The van der Waals surface area contributed by atoms with Gasteiger partial charge in [-0.25, -0.2) is 14.4 Å². The Hall–Kier alpha value is -2.58. The zero-order valence-corrected chi connectivity index (χ0v) is 20.0. The van der Waals surface area contributed by atoms with Gasteiger partial charge in [-0.3, -0.25) is 0 Å². The summed E-state index contributed by atoms with van der Waals surface area (Å²) in [5, 5.41) is 13.6. The van der Waals surface area contributed by atoms with Crippen molar-refractivity contribution in [1.29, 1.82) is 0 Å². The van der Waals surface area contributed by atoms with Crippen molar-refractivity contribution < 1.29 is 14.2 Å². The van der Waals surface area contributed by atoms with Gasteiger partial charge in [-0.15, -0.1) is 0 Å². The van der Waals surface area contributed by atoms with Gasteiger partial charge >= 0.3 is 0 Å². The molecule has 1 heterocycles. The number of halogens is 1. The van der Waals surface area contributed by atoms with Crippen LogP contribution in [0.2, 0.25) is 0 Å². The Bertz CT molecular complexity index is 997. The molecule has 0 atom stereocenters. The Kier molecular flexibility index (Phi) is 10.5. The van der Waals surface area contributed by atoms with Crippen molar-refractivity contribution in [3.63, 3.8) is 0 Å². The molecule has 4 N–H and O–H groups in total. The van der Waals surface area contributed by atoms with Crippen molar-refractivity contribution in [3.05, 3.63) is 48.0 Å². The molecule has 0 bridgehead atoms. The van der Waals surface area contributed by atoms with Crippen LogP contribution in [-0.2, 0) is 4.74 Å². The fourth-order valence-corrected chi connectivity index (χ4v) is 3.55. The summed E-state index contributed by atoms with van der Waals surface area (Å²) in [7, 11) is 1.82. The summed E-state index contributed by atoms with van der Waals surface area (Å²) in [6, 6.07) is 7.32. The van der Waals surface area contributed by atoms with Gasteiger partial charge in [0.05, 0.1) is 17.3 Å². The molecule has 1 saturated carbocycles. The van der Waals surface area contributed by atoms with Crippen molar-refractivity contribution in [1.82, 2.24) is 9.97 Å². The van der Waals surface area contributed by atoms with Gasteiger partial charge < -0.3 is 20.9 Å². The number of fused-ring (bicyclic) bond motifs is 1. The lowest BCUT2D eigenvalue weighted by Gasteiger charge is -2.19. The summed E-state index contributed by atoms with van der Waals surface area (Å²) in [5.74, 6) is -0.163. The topological polar surface area (TPSA) is 93.3 Å². The summed E-state index contributed by atoms with van der Waals surface area (Å²) in [6.45, 7) is 1.90. The van der Waals surface area contributed by atoms with Crippen molar-refractivity contribution >= 4 is 39.9 Å². The second kappa shape index (κ2) is 13.1. The number of rotatable bonds is 3. The number of aromatic hydroxyl groups is 1. The Labute approximate surface area is 193 Å². The second-order valence-corrected chi connectivity index (χ2v) is 8.46. The molecule has 1 fully saturated rings. The van der Waals surface area contributed by atoms with E-state index in [-0.39, 0.29) is 5.75 Å². The van der Waals surface area contributed by atoms with Crippen molar-refractivity contribution in [2.24, 2.45) is 0 Å². The Morgan fingerprint density at radius 3 is 2.41 bits per heavy atom. The minimum atomic E-state index is -0.505. The van der Waals surface area contributed by atoms with Crippen molar-refractivity contribution in [3.8, 4) is 5.75 Å². The molecule has 0 spiro atoms. The van der Waals surface area contributed by atoms with Crippen LogP contribution in [0.3, 0.4) is 0 Å². The first-order valence-corrected chi connectivity index (χ1v) is 12.2. The van der Waals surface area contributed by atoms with Gasteiger partial charge in [0.15, 0.2) is 0 Å². The third-order valence-corrected chi connectivity index (χ3v) is 5.06. The highest BCUT2D eigenvalue weighted by atomic mass is 32.2. The predicted octanol–water partition coefficient (Wildman–Crippen LogP) is 6.05. The molecule has 3 aromatic rings. The van der Waals surface area contributed by atoms with Crippen LogP contribution >= 0.6 is 11.8 Å². The van der Waals surface area contributed by atoms with E-state index in [9.17, 15) is 9.50 Å². The smallest absolute Gasteiger partial charge is 0.142 e. The first-order valence-electron chi connectivity index (χ1n) is 10.6. The maximum atomic E-state index is 13.0. The standard InChI is InChI=1S/C15H13FN4O.C7H14O.C2H6S/c1-8-4-10(17)6-12-14(8)15(19-7-18-12)20-11-3-2-9(16)5-13(11)21;1-8-7-5-3-2-4-6-7;1-3-2/h2-7,21H,17H2,1H3,(H,18,19,20);7H,2-6H2,1H3;1-2H3. The van der Waals surface area contributed by atoms with E-state index in [1.54, 1.807) is 17.8 Å². The number of nitrogens with zero attached hydrogens (tertiary/aromatic N) is 2. The highest BCUT2D eigenvalue weighted by Crippen LogP contribution is 2.31. The molecule has 4 rings (SSSR count). The number of nitrogen functional groups attached to an aromatic ring is 1. The van der Waals surface area contributed by atoms with Crippen LogP contribution in [0.4, 0.5) is 21.6 Å². The molecule has 6 nitrogen and oxygen atoms in total. The fraction of sp³-hybridized carbons (Fsp3) is 0.417. The van der Waals surface area contributed by atoms with Gasteiger partial charge in [-0.05, 0) is 62.1 Å². The van der Waals surface area contributed by atoms with Crippen LogP contribution < -0.4 is 11.1 Å². The molecule has 2 aromatic carbocycles. The molecule has 1 aliphatic carbocycles. The quantitative estimate of drug-likeness (QED) is 0.323. The highest BCUT2D eigenvalue weighted by molar-refractivity contribution is 7.97. The number of hydrogen-bond acceptors (Lipinski definition) is 7. The number of benzene rings is 2. The van der Waals surface area contributed by atoms with E-state index in [4.69, 9.17) is 10.5 Å². The minimum absolute atomic E-state index is 0.185. The lowest BCUT2D eigenvalue weighted by molar-refractivity contribution is 0.0710. The molecular formula is C24H33FN4O2S. The van der Waals surface area contributed by atoms with Gasteiger partial charge in [0, 0.05) is 24.2 Å². The van der Waals surface area contributed by atoms with Crippen molar-refractivity contribution in [2.75, 3.05) is 30.7 Å². The Morgan fingerprint density at radius 2 is 1.81 bits per heavy atom. The molecule has 32 heavy (non-hydrogen) atoms. The number of aromatic nitrogens is 2. The Morgan fingerprint density at radius 1 is 1.12 bits per heavy atom. The minimum Gasteiger partial charge on any atom is -0.506 e. The van der Waals surface area contributed by atoms with E-state index in [1.807, 2.05) is 32.6 Å². The maximum Gasteiger partial charge on any atom is 0.142 e. The van der Waals surface area contributed by atoms with Crippen LogP contribution in [-0.4, -0.2) is 40.8 Å². The molecule has 0 radical (unpaired) electrons. The number of ether oxygens (including phenoxy) is 1. The zero-order valence-electron chi connectivity index (χ0n) is 19.2. The number of nitrogens with one attached hydrogen (secondary N) is 1. The first-order chi connectivity index (χ1) is 15.4. The molecular weight excluding hydrogens is 427 g/mol. The van der Waals surface area contributed by atoms with Crippen LogP contribution in [0.15, 0.2) is 36.7 Å². The first kappa shape index (κ1) is 25.7. The molecule has 1 aromatic heterocycles. The average Bonchev–Trinajstić information content (AvgIpc) is 2.77. The van der Waals surface area contributed by atoms with E-state index in [2.05, 4.69) is 15.3 Å². The average molecular weight is 461 g/mol. The third-order valence-electron chi connectivity index (χ3n) is 5.06. The van der Waals surface area contributed by atoms with E-state index in [0.29, 0.717) is 28.8 Å². The number of phenolic OH excluding ortho intramolecular Hbond substituents is 1. The Balaban J connectivity index is 0.000000274. The van der Waals surface area contributed by atoms with Crippen LogP contribution in [0.1, 0.15) is 37.7 Å². The van der Waals surface area contributed by atoms with Gasteiger partial charge in [-0.1, -0.05) is 19.3 Å². The largest absolute Gasteiger partial charge is 0.506 e. The number of anilines is 3. The molecule has 0 saturated heterocycles. The maximum absolute atomic E-state index is 13.0. The van der Waals surface area contributed by atoms with Gasteiger partial charge in [0.25, 0.3) is 0 Å². The van der Waals surface area contributed by atoms with Gasteiger partial charge in [0.1, 0.15) is 23.7 Å². The van der Waals surface area contributed by atoms with Crippen molar-refractivity contribution in [2.45, 2.75) is 45.1 Å². The summed E-state index contributed by atoms with van der Waals surface area (Å²) in [5.41, 5.74) is 8.41. The number of methoxy groups -OCH3 is 1. The number of hydrogen-bond donors (Lipinski definition) is 3. The molecule has 174 valence electrons. The molecule has 0 unspecified atom stereocenters. The molecule has 0 amide bonds. The third kappa shape index (κ3) is 7.53. The van der Waals surface area contributed by atoms with Crippen LogP contribution in [0, 0.1) is 12.7 Å². The lowest BCUT2D eigenvalue weighted by Crippen LogP contribution is -2.13. The van der Waals surface area contributed by atoms with Crippen LogP contribution in [0.25, 0.3) is 10.9 Å². The lowest BCUT2D eigenvalue weighted by atomic mass is 9.98. The van der Waals surface area contributed by atoms with E-state index in [1.165, 1.54) is 50.6 Å².